The predicted octanol–water partition coefficient (Wildman–Crippen LogP) is 1.41. The average Bonchev–Trinajstić information content (AvgIpc) is 2.29. The Hall–Kier alpha value is -1.62. The van der Waals surface area contributed by atoms with Gasteiger partial charge in [0.05, 0.1) is 0 Å². The first kappa shape index (κ1) is 11.9. The lowest BCUT2D eigenvalue weighted by Gasteiger charge is -2.28. The van der Waals surface area contributed by atoms with E-state index in [0.717, 1.165) is 6.42 Å². The molecule has 5 heteroatoms. The van der Waals surface area contributed by atoms with Gasteiger partial charge in [-0.1, -0.05) is 6.07 Å². The highest BCUT2D eigenvalue weighted by Gasteiger charge is 2.27. The Morgan fingerprint density at radius 1 is 1.53 bits per heavy atom. The van der Waals surface area contributed by atoms with Crippen molar-refractivity contribution in [1.82, 2.24) is 5.32 Å². The molecule has 2 rings (SSSR count). The summed E-state index contributed by atoms with van der Waals surface area (Å²) in [7, 11) is 0. The monoisotopic (exact) mass is 239 g/mol. The first-order valence-electron chi connectivity index (χ1n) is 5.53. The molecule has 1 aromatic rings. The van der Waals surface area contributed by atoms with Crippen LogP contribution in [0, 0.1) is 5.82 Å². The summed E-state index contributed by atoms with van der Waals surface area (Å²) in [6, 6.07) is 5.30. The van der Waals surface area contributed by atoms with Crippen molar-refractivity contribution >= 4 is 5.97 Å². The molecule has 92 valence electrons. The predicted molar refractivity (Wildman–Crippen MR) is 59.5 cm³/mol. The molecule has 2 atom stereocenters. The maximum Gasteiger partial charge on any atom is 0.320 e. The molecule has 1 saturated heterocycles. The molecule has 0 saturated carbocycles. The van der Waals surface area contributed by atoms with Gasteiger partial charge in [-0.25, -0.2) is 4.39 Å². The number of carboxylic acid groups (broad SMARTS) is 1. The summed E-state index contributed by atoms with van der Waals surface area (Å²) >= 11 is 0. The molecule has 2 N–H and O–H groups in total. The zero-order valence-corrected chi connectivity index (χ0v) is 9.23. The molecule has 17 heavy (non-hydrogen) atoms. The fraction of sp³-hybridized carbons (Fsp3) is 0.417. The van der Waals surface area contributed by atoms with E-state index in [1.807, 2.05) is 0 Å². The summed E-state index contributed by atoms with van der Waals surface area (Å²) in [5.74, 6) is -0.787. The zero-order chi connectivity index (χ0) is 12.3. The summed E-state index contributed by atoms with van der Waals surface area (Å²) in [4.78, 5) is 10.8. The molecule has 4 nitrogen and oxygen atoms in total. The van der Waals surface area contributed by atoms with Crippen molar-refractivity contribution in [2.45, 2.75) is 25.0 Å². The molecule has 1 aliphatic heterocycles. The van der Waals surface area contributed by atoms with Crippen LogP contribution < -0.4 is 10.1 Å². The van der Waals surface area contributed by atoms with Gasteiger partial charge in [0.1, 0.15) is 23.7 Å². The molecule has 0 radical (unpaired) electrons. The van der Waals surface area contributed by atoms with Gasteiger partial charge in [0.15, 0.2) is 0 Å². The van der Waals surface area contributed by atoms with Crippen LogP contribution >= 0.6 is 0 Å². The molecule has 0 bridgehead atoms. The summed E-state index contributed by atoms with van der Waals surface area (Å²) < 4.78 is 18.5. The first-order valence-corrected chi connectivity index (χ1v) is 5.53. The highest BCUT2D eigenvalue weighted by molar-refractivity contribution is 5.73. The van der Waals surface area contributed by atoms with Crippen LogP contribution in [0.5, 0.6) is 5.75 Å². The van der Waals surface area contributed by atoms with Crippen LogP contribution in [-0.2, 0) is 4.79 Å². The van der Waals surface area contributed by atoms with E-state index in [4.69, 9.17) is 9.84 Å². The van der Waals surface area contributed by atoms with Crippen LogP contribution in [0.15, 0.2) is 24.3 Å². The van der Waals surface area contributed by atoms with Gasteiger partial charge in [0.25, 0.3) is 0 Å². The van der Waals surface area contributed by atoms with Gasteiger partial charge in [-0.2, -0.15) is 0 Å². The van der Waals surface area contributed by atoms with E-state index < -0.39 is 12.0 Å². The van der Waals surface area contributed by atoms with Crippen LogP contribution in [0.1, 0.15) is 12.8 Å². The second-order valence-electron chi connectivity index (χ2n) is 4.07. The number of piperidine rings is 1. The summed E-state index contributed by atoms with van der Waals surface area (Å²) in [5.41, 5.74) is 0. The Morgan fingerprint density at radius 3 is 3.06 bits per heavy atom. The van der Waals surface area contributed by atoms with Crippen molar-refractivity contribution in [2.75, 3.05) is 6.54 Å². The molecule has 0 aliphatic carbocycles. The number of halogens is 1. The van der Waals surface area contributed by atoms with Gasteiger partial charge in [0, 0.05) is 12.5 Å². The third-order valence-corrected chi connectivity index (χ3v) is 2.75. The minimum Gasteiger partial charge on any atom is -0.490 e. The topological polar surface area (TPSA) is 58.6 Å². The number of carboxylic acids is 1. The molecule has 1 heterocycles. The minimum atomic E-state index is -0.877. The smallest absolute Gasteiger partial charge is 0.320 e. The number of benzene rings is 1. The van der Waals surface area contributed by atoms with Crippen molar-refractivity contribution in [1.29, 1.82) is 0 Å². The molecule has 1 aromatic carbocycles. The number of nitrogens with one attached hydrogen (secondary N) is 1. The van der Waals surface area contributed by atoms with Crippen molar-refractivity contribution in [2.24, 2.45) is 0 Å². The van der Waals surface area contributed by atoms with Crippen molar-refractivity contribution in [3.8, 4) is 5.75 Å². The maximum atomic E-state index is 12.9. The average molecular weight is 239 g/mol. The number of ether oxygens (including phenoxy) is 1. The number of carbonyl (C=O) groups is 1. The largest absolute Gasteiger partial charge is 0.490 e. The first-order chi connectivity index (χ1) is 8.15. The molecule has 1 aliphatic rings. The van der Waals surface area contributed by atoms with Crippen molar-refractivity contribution in [3.63, 3.8) is 0 Å². The second kappa shape index (κ2) is 5.14. The summed E-state index contributed by atoms with van der Waals surface area (Å²) in [6.07, 6.45) is 0.936. The van der Waals surface area contributed by atoms with E-state index in [2.05, 4.69) is 5.32 Å². The number of rotatable bonds is 3. The van der Waals surface area contributed by atoms with Gasteiger partial charge < -0.3 is 15.2 Å². The third kappa shape index (κ3) is 3.17. The standard InChI is InChI=1S/C12H14FNO3/c13-8-2-1-3-9(6-8)17-10-4-5-14-11(7-10)12(15)16/h1-3,6,10-11,14H,4-5,7H2,(H,15,16). The Bertz CT molecular complexity index is 410. The van der Waals surface area contributed by atoms with Crippen molar-refractivity contribution < 1.29 is 19.0 Å². The van der Waals surface area contributed by atoms with Gasteiger partial charge in [-0.05, 0) is 25.1 Å². The van der Waals surface area contributed by atoms with Gasteiger partial charge >= 0.3 is 5.97 Å². The Kier molecular flexibility index (Phi) is 3.58. The van der Waals surface area contributed by atoms with Gasteiger partial charge in [-0.3, -0.25) is 4.79 Å². The van der Waals surface area contributed by atoms with E-state index in [9.17, 15) is 9.18 Å². The molecule has 0 spiro atoms. The maximum absolute atomic E-state index is 12.9. The van der Waals surface area contributed by atoms with Gasteiger partial charge in [0.2, 0.25) is 0 Å². The molecule has 0 amide bonds. The zero-order valence-electron chi connectivity index (χ0n) is 9.23. The van der Waals surface area contributed by atoms with Gasteiger partial charge in [-0.15, -0.1) is 0 Å². The Morgan fingerprint density at radius 2 is 2.35 bits per heavy atom. The van der Waals surface area contributed by atoms with Crippen LogP contribution in [0.2, 0.25) is 0 Å². The van der Waals surface area contributed by atoms with Crippen LogP contribution in [0.4, 0.5) is 4.39 Å². The van der Waals surface area contributed by atoms with Crippen LogP contribution in [0.25, 0.3) is 0 Å². The highest BCUT2D eigenvalue weighted by atomic mass is 19.1. The van der Waals surface area contributed by atoms with E-state index in [-0.39, 0.29) is 11.9 Å². The lowest BCUT2D eigenvalue weighted by atomic mass is 10.0. The summed E-state index contributed by atoms with van der Waals surface area (Å²) in [6.45, 7) is 0.594. The second-order valence-corrected chi connectivity index (χ2v) is 4.07. The van der Waals surface area contributed by atoms with Crippen molar-refractivity contribution in [3.05, 3.63) is 30.1 Å². The molecular weight excluding hydrogens is 225 g/mol. The van der Waals surface area contributed by atoms with Crippen LogP contribution in [-0.4, -0.2) is 29.8 Å². The third-order valence-electron chi connectivity index (χ3n) is 2.75. The Labute approximate surface area is 98.4 Å². The van der Waals surface area contributed by atoms with Crippen LogP contribution in [0.3, 0.4) is 0 Å². The lowest BCUT2D eigenvalue weighted by molar-refractivity contribution is -0.140. The molecule has 2 unspecified atom stereocenters. The van der Waals surface area contributed by atoms with E-state index in [0.29, 0.717) is 18.7 Å². The summed E-state index contributed by atoms with van der Waals surface area (Å²) in [5, 5.41) is 11.8. The highest BCUT2D eigenvalue weighted by Crippen LogP contribution is 2.19. The Balaban J connectivity index is 1.97. The molecule has 1 fully saturated rings. The van der Waals surface area contributed by atoms with E-state index in [1.165, 1.54) is 12.1 Å². The number of aliphatic carboxylic acids is 1. The van der Waals surface area contributed by atoms with E-state index in [1.54, 1.807) is 12.1 Å². The lowest BCUT2D eigenvalue weighted by Crippen LogP contribution is -2.46. The quantitative estimate of drug-likeness (QED) is 0.837. The fourth-order valence-corrected chi connectivity index (χ4v) is 1.91. The van der Waals surface area contributed by atoms with E-state index >= 15 is 0 Å². The SMILES string of the molecule is O=C(O)C1CC(Oc2cccc(F)c2)CCN1. The number of hydrogen-bond acceptors (Lipinski definition) is 3. The molecule has 0 aromatic heterocycles. The normalized spacial score (nSPS) is 24.3. The fourth-order valence-electron chi connectivity index (χ4n) is 1.91. The molecular formula is C12H14FNO3. The number of hydrogen-bond donors (Lipinski definition) is 2. The minimum absolute atomic E-state index is 0.181.